The highest BCUT2D eigenvalue weighted by Gasteiger charge is 2.07. The second kappa shape index (κ2) is 7.02. The van der Waals surface area contributed by atoms with E-state index >= 15 is 0 Å². The Bertz CT molecular complexity index is 578. The van der Waals surface area contributed by atoms with E-state index in [2.05, 4.69) is 25.6 Å². The van der Waals surface area contributed by atoms with Crippen LogP contribution in [-0.4, -0.2) is 35.7 Å². The summed E-state index contributed by atoms with van der Waals surface area (Å²) in [4.78, 5) is 12.2. The summed E-state index contributed by atoms with van der Waals surface area (Å²) in [6.07, 6.45) is 0.803. The number of nitrogens with zero attached hydrogens (tertiary/aromatic N) is 3. The van der Waals surface area contributed by atoms with Gasteiger partial charge in [-0.15, -0.1) is 0 Å². The number of anilines is 3. The number of halogens is 1. The van der Waals surface area contributed by atoms with E-state index in [-0.39, 0.29) is 5.28 Å². The summed E-state index contributed by atoms with van der Waals surface area (Å²) in [5.41, 5.74) is 2.05. The molecule has 2 N–H and O–H groups in total. The standard InChI is InChI=1S/C13H16ClN5O/c1-15-12-17-11(14)18-13(19-12)16-10-6-4-3-5-9(10)7-8-20-2/h3-6H,7-8H2,1-2H3,(H2,15,16,17,18,19). The average Bonchev–Trinajstić information content (AvgIpc) is 2.45. The van der Waals surface area contributed by atoms with Crippen molar-refractivity contribution in [3.05, 3.63) is 35.1 Å². The largest absolute Gasteiger partial charge is 0.384 e. The Morgan fingerprint density at radius 1 is 1.15 bits per heavy atom. The normalized spacial score (nSPS) is 10.3. The van der Waals surface area contributed by atoms with Gasteiger partial charge in [-0.2, -0.15) is 15.0 Å². The Morgan fingerprint density at radius 2 is 1.90 bits per heavy atom. The molecule has 0 amide bonds. The molecule has 7 heteroatoms. The van der Waals surface area contributed by atoms with Gasteiger partial charge in [0.15, 0.2) is 0 Å². The van der Waals surface area contributed by atoms with Crippen LogP contribution in [0.5, 0.6) is 0 Å². The van der Waals surface area contributed by atoms with Crippen LogP contribution in [0.4, 0.5) is 17.6 Å². The number of rotatable bonds is 6. The van der Waals surface area contributed by atoms with E-state index in [1.807, 2.05) is 24.3 Å². The average molecular weight is 294 g/mol. The van der Waals surface area contributed by atoms with Crippen LogP contribution in [0.3, 0.4) is 0 Å². The van der Waals surface area contributed by atoms with Gasteiger partial charge in [0.25, 0.3) is 0 Å². The molecule has 0 radical (unpaired) electrons. The van der Waals surface area contributed by atoms with Gasteiger partial charge >= 0.3 is 0 Å². The molecule has 1 aromatic carbocycles. The zero-order valence-electron chi connectivity index (χ0n) is 11.4. The van der Waals surface area contributed by atoms with Crippen molar-refractivity contribution in [2.45, 2.75) is 6.42 Å². The number of benzene rings is 1. The lowest BCUT2D eigenvalue weighted by atomic mass is 10.1. The van der Waals surface area contributed by atoms with E-state index in [4.69, 9.17) is 16.3 Å². The van der Waals surface area contributed by atoms with E-state index in [0.29, 0.717) is 18.5 Å². The Hall–Kier alpha value is -1.92. The first-order chi connectivity index (χ1) is 9.72. The van der Waals surface area contributed by atoms with Crippen LogP contribution in [0, 0.1) is 0 Å². The minimum atomic E-state index is 0.140. The van der Waals surface area contributed by atoms with Gasteiger partial charge in [0.05, 0.1) is 6.61 Å². The van der Waals surface area contributed by atoms with Gasteiger partial charge in [-0.25, -0.2) is 0 Å². The zero-order valence-corrected chi connectivity index (χ0v) is 12.1. The number of hydrogen-bond donors (Lipinski definition) is 2. The molecule has 0 unspecified atom stereocenters. The summed E-state index contributed by atoms with van der Waals surface area (Å²) in [7, 11) is 3.41. The molecule has 2 aromatic rings. The monoisotopic (exact) mass is 293 g/mol. The lowest BCUT2D eigenvalue weighted by Crippen LogP contribution is -2.05. The molecular formula is C13H16ClN5O. The smallest absolute Gasteiger partial charge is 0.233 e. The van der Waals surface area contributed by atoms with E-state index in [1.54, 1.807) is 14.2 Å². The molecule has 2 rings (SSSR count). The molecule has 0 aliphatic rings. The lowest BCUT2D eigenvalue weighted by molar-refractivity contribution is 0.202. The quantitative estimate of drug-likeness (QED) is 0.852. The van der Waals surface area contributed by atoms with Crippen molar-refractivity contribution in [1.29, 1.82) is 0 Å². The first-order valence-electron chi connectivity index (χ1n) is 6.16. The van der Waals surface area contributed by atoms with Gasteiger partial charge < -0.3 is 15.4 Å². The molecular weight excluding hydrogens is 278 g/mol. The fourth-order valence-electron chi connectivity index (χ4n) is 1.71. The van der Waals surface area contributed by atoms with Crippen LogP contribution < -0.4 is 10.6 Å². The maximum Gasteiger partial charge on any atom is 0.233 e. The minimum absolute atomic E-state index is 0.140. The molecule has 1 heterocycles. The third-order valence-corrected chi connectivity index (χ3v) is 2.84. The summed E-state index contributed by atoms with van der Waals surface area (Å²) >= 11 is 5.86. The highest BCUT2D eigenvalue weighted by molar-refractivity contribution is 6.28. The fourth-order valence-corrected chi connectivity index (χ4v) is 1.87. The van der Waals surface area contributed by atoms with Crippen molar-refractivity contribution in [3.8, 4) is 0 Å². The second-order valence-electron chi connectivity index (χ2n) is 4.03. The maximum absolute atomic E-state index is 5.86. The molecule has 6 nitrogen and oxygen atoms in total. The summed E-state index contributed by atoms with van der Waals surface area (Å²) < 4.78 is 5.11. The van der Waals surface area contributed by atoms with Gasteiger partial charge in [-0.3, -0.25) is 0 Å². The van der Waals surface area contributed by atoms with Crippen LogP contribution >= 0.6 is 11.6 Å². The number of para-hydroxylation sites is 1. The summed E-state index contributed by atoms with van der Waals surface area (Å²) in [6.45, 7) is 0.651. The number of methoxy groups -OCH3 is 1. The molecule has 20 heavy (non-hydrogen) atoms. The predicted molar refractivity (Wildman–Crippen MR) is 79.7 cm³/mol. The first kappa shape index (κ1) is 14.5. The van der Waals surface area contributed by atoms with E-state index < -0.39 is 0 Å². The van der Waals surface area contributed by atoms with Crippen molar-refractivity contribution in [3.63, 3.8) is 0 Å². The Balaban J connectivity index is 2.23. The number of hydrogen-bond acceptors (Lipinski definition) is 6. The third-order valence-electron chi connectivity index (χ3n) is 2.67. The van der Waals surface area contributed by atoms with Crippen molar-refractivity contribution in [1.82, 2.24) is 15.0 Å². The molecule has 0 atom stereocenters. The van der Waals surface area contributed by atoms with E-state index in [1.165, 1.54) is 0 Å². The SMILES string of the molecule is CNc1nc(Cl)nc(Nc2ccccc2CCOC)n1. The molecule has 0 aliphatic heterocycles. The van der Waals surface area contributed by atoms with Crippen LogP contribution in [0.15, 0.2) is 24.3 Å². The van der Waals surface area contributed by atoms with Crippen molar-refractivity contribution in [2.75, 3.05) is 31.4 Å². The van der Waals surface area contributed by atoms with Gasteiger partial charge in [0, 0.05) is 19.8 Å². The van der Waals surface area contributed by atoms with Gasteiger partial charge in [0.1, 0.15) is 0 Å². The maximum atomic E-state index is 5.86. The summed E-state index contributed by atoms with van der Waals surface area (Å²) in [6, 6.07) is 7.92. The highest BCUT2D eigenvalue weighted by atomic mass is 35.5. The second-order valence-corrected chi connectivity index (χ2v) is 4.36. The molecule has 0 bridgehead atoms. The molecule has 0 aliphatic carbocycles. The van der Waals surface area contributed by atoms with Gasteiger partial charge in [-0.1, -0.05) is 18.2 Å². The molecule has 106 valence electrons. The van der Waals surface area contributed by atoms with Crippen LogP contribution in [0.1, 0.15) is 5.56 Å². The Morgan fingerprint density at radius 3 is 2.65 bits per heavy atom. The number of nitrogens with one attached hydrogen (secondary N) is 2. The first-order valence-corrected chi connectivity index (χ1v) is 6.54. The lowest BCUT2D eigenvalue weighted by Gasteiger charge is -2.11. The minimum Gasteiger partial charge on any atom is -0.384 e. The topological polar surface area (TPSA) is 72.0 Å². The highest BCUT2D eigenvalue weighted by Crippen LogP contribution is 2.20. The van der Waals surface area contributed by atoms with Crippen molar-refractivity contribution < 1.29 is 4.74 Å². The van der Waals surface area contributed by atoms with Crippen LogP contribution in [0.2, 0.25) is 5.28 Å². The van der Waals surface area contributed by atoms with Crippen LogP contribution in [0.25, 0.3) is 0 Å². The Labute approximate surface area is 122 Å². The van der Waals surface area contributed by atoms with Crippen molar-refractivity contribution >= 4 is 29.2 Å². The molecule has 0 saturated heterocycles. The number of ether oxygens (including phenoxy) is 1. The molecule has 0 spiro atoms. The summed E-state index contributed by atoms with van der Waals surface area (Å²) in [5.74, 6) is 0.820. The molecule has 0 fully saturated rings. The third kappa shape index (κ3) is 3.79. The molecule has 1 aromatic heterocycles. The Kier molecular flexibility index (Phi) is 5.09. The van der Waals surface area contributed by atoms with E-state index in [9.17, 15) is 0 Å². The van der Waals surface area contributed by atoms with Gasteiger partial charge in [0.2, 0.25) is 17.2 Å². The summed E-state index contributed by atoms with van der Waals surface area (Å²) in [5, 5.41) is 6.13. The van der Waals surface area contributed by atoms with E-state index in [0.717, 1.165) is 17.7 Å². The van der Waals surface area contributed by atoms with Crippen LogP contribution in [-0.2, 0) is 11.2 Å². The predicted octanol–water partition coefficient (Wildman–Crippen LogP) is 2.50. The number of aromatic nitrogens is 3. The fraction of sp³-hybridized carbons (Fsp3) is 0.308. The molecule has 0 saturated carbocycles. The zero-order chi connectivity index (χ0) is 14.4. The van der Waals surface area contributed by atoms with Crippen molar-refractivity contribution in [2.24, 2.45) is 0 Å². The van der Waals surface area contributed by atoms with Gasteiger partial charge in [-0.05, 0) is 29.7 Å².